The SMILES string of the molecule is c1ccc(-c2nc(-n3c4ccccc4c4cc5sc6ccccc6c5cc43)c3c(n2)c2cc4ccccc4cc2n3-c2ccccc2)cc1. The highest BCUT2D eigenvalue weighted by Crippen LogP contribution is 2.43. The first-order valence-corrected chi connectivity index (χ1v) is 17.3. The summed E-state index contributed by atoms with van der Waals surface area (Å²) in [4.78, 5) is 10.9. The van der Waals surface area contributed by atoms with E-state index in [1.807, 2.05) is 17.4 Å². The molecule has 0 atom stereocenters. The second-order valence-corrected chi connectivity index (χ2v) is 13.7. The van der Waals surface area contributed by atoms with E-state index in [4.69, 9.17) is 9.97 Å². The van der Waals surface area contributed by atoms with Gasteiger partial charge in [0.2, 0.25) is 0 Å². The van der Waals surface area contributed by atoms with Crippen molar-refractivity contribution in [3.05, 3.63) is 158 Å². The van der Waals surface area contributed by atoms with Gasteiger partial charge in [0.1, 0.15) is 11.0 Å². The van der Waals surface area contributed by atoms with Crippen LogP contribution in [0, 0.1) is 0 Å². The van der Waals surface area contributed by atoms with Crippen molar-refractivity contribution in [1.82, 2.24) is 19.1 Å². The second-order valence-electron chi connectivity index (χ2n) is 12.6. The lowest BCUT2D eigenvalue weighted by Crippen LogP contribution is -2.05. The molecular formula is C44H26N4S. The van der Waals surface area contributed by atoms with Crippen LogP contribution in [0.15, 0.2) is 158 Å². The molecular weight excluding hydrogens is 617 g/mol. The number of thiophene rings is 1. The molecule has 0 saturated carbocycles. The maximum atomic E-state index is 5.53. The molecule has 0 aliphatic heterocycles. The average Bonchev–Trinajstić information content (AvgIpc) is 3.80. The number of aromatic nitrogens is 4. The fraction of sp³-hybridized carbons (Fsp3) is 0. The highest BCUT2D eigenvalue weighted by atomic mass is 32.1. The van der Waals surface area contributed by atoms with E-state index in [-0.39, 0.29) is 0 Å². The molecule has 5 heteroatoms. The monoisotopic (exact) mass is 642 g/mol. The number of nitrogens with zero attached hydrogens (tertiary/aromatic N) is 4. The molecule has 11 rings (SSSR count). The predicted molar refractivity (Wildman–Crippen MR) is 207 cm³/mol. The maximum absolute atomic E-state index is 5.53. The van der Waals surface area contributed by atoms with Crippen LogP contribution in [-0.4, -0.2) is 19.1 Å². The highest BCUT2D eigenvalue weighted by molar-refractivity contribution is 7.25. The number of hydrogen-bond donors (Lipinski definition) is 0. The van der Waals surface area contributed by atoms with E-state index in [0.717, 1.165) is 50.0 Å². The summed E-state index contributed by atoms with van der Waals surface area (Å²) in [5, 5.41) is 8.45. The molecule has 0 amide bonds. The molecule has 0 unspecified atom stereocenters. The first-order valence-electron chi connectivity index (χ1n) is 16.5. The first-order chi connectivity index (χ1) is 24.3. The van der Waals surface area contributed by atoms with Gasteiger partial charge in [-0.05, 0) is 59.3 Å². The van der Waals surface area contributed by atoms with Gasteiger partial charge >= 0.3 is 0 Å². The van der Waals surface area contributed by atoms with Crippen molar-refractivity contribution in [1.29, 1.82) is 0 Å². The second kappa shape index (κ2) is 10.1. The van der Waals surface area contributed by atoms with Gasteiger partial charge < -0.3 is 4.57 Å². The number of fused-ring (bicyclic) bond motifs is 10. The minimum atomic E-state index is 0.705. The Kier molecular flexibility index (Phi) is 5.51. The van der Waals surface area contributed by atoms with Gasteiger partial charge in [-0.1, -0.05) is 109 Å². The van der Waals surface area contributed by atoms with E-state index in [0.29, 0.717) is 5.82 Å². The van der Waals surface area contributed by atoms with E-state index in [9.17, 15) is 0 Å². The molecule has 11 aromatic rings. The quantitative estimate of drug-likeness (QED) is 0.192. The van der Waals surface area contributed by atoms with Gasteiger partial charge in [0.05, 0.1) is 16.6 Å². The molecule has 4 aromatic heterocycles. The summed E-state index contributed by atoms with van der Waals surface area (Å²) in [5.74, 6) is 1.56. The van der Waals surface area contributed by atoms with E-state index in [1.54, 1.807) is 0 Å². The van der Waals surface area contributed by atoms with Crippen LogP contribution in [0.25, 0.3) is 97.6 Å². The molecule has 49 heavy (non-hydrogen) atoms. The fourth-order valence-electron chi connectivity index (χ4n) is 7.69. The van der Waals surface area contributed by atoms with E-state index >= 15 is 0 Å². The normalized spacial score (nSPS) is 12.1. The molecule has 0 radical (unpaired) electrons. The van der Waals surface area contributed by atoms with Gasteiger partial charge in [0, 0.05) is 47.6 Å². The minimum Gasteiger partial charge on any atom is -0.305 e. The number of para-hydroxylation sites is 2. The van der Waals surface area contributed by atoms with E-state index in [1.165, 1.54) is 41.7 Å². The zero-order valence-electron chi connectivity index (χ0n) is 26.2. The van der Waals surface area contributed by atoms with Crippen LogP contribution in [0.4, 0.5) is 0 Å². The summed E-state index contributed by atoms with van der Waals surface area (Å²) < 4.78 is 7.33. The van der Waals surface area contributed by atoms with Gasteiger partial charge in [-0.3, -0.25) is 4.57 Å². The number of benzene rings is 7. The average molecular weight is 643 g/mol. The number of hydrogen-bond acceptors (Lipinski definition) is 3. The van der Waals surface area contributed by atoms with Crippen molar-refractivity contribution in [2.45, 2.75) is 0 Å². The molecule has 0 spiro atoms. The van der Waals surface area contributed by atoms with Crippen LogP contribution in [0.1, 0.15) is 0 Å². The van der Waals surface area contributed by atoms with Gasteiger partial charge in [0.25, 0.3) is 0 Å². The third-order valence-electron chi connectivity index (χ3n) is 9.88. The van der Waals surface area contributed by atoms with E-state index in [2.05, 4.69) is 161 Å². The van der Waals surface area contributed by atoms with Crippen LogP contribution in [0.3, 0.4) is 0 Å². The van der Waals surface area contributed by atoms with Crippen molar-refractivity contribution in [3.63, 3.8) is 0 Å². The Morgan fingerprint density at radius 3 is 1.94 bits per heavy atom. The van der Waals surface area contributed by atoms with Gasteiger partial charge in [-0.2, -0.15) is 0 Å². The van der Waals surface area contributed by atoms with Crippen molar-refractivity contribution in [2.24, 2.45) is 0 Å². The van der Waals surface area contributed by atoms with Crippen molar-refractivity contribution in [2.75, 3.05) is 0 Å². The van der Waals surface area contributed by atoms with Crippen molar-refractivity contribution >= 4 is 86.0 Å². The molecule has 0 aliphatic carbocycles. The summed E-state index contributed by atoms with van der Waals surface area (Å²) >= 11 is 1.86. The lowest BCUT2D eigenvalue weighted by atomic mass is 10.1. The van der Waals surface area contributed by atoms with Crippen molar-refractivity contribution < 1.29 is 0 Å². The smallest absolute Gasteiger partial charge is 0.166 e. The van der Waals surface area contributed by atoms with E-state index < -0.39 is 0 Å². The van der Waals surface area contributed by atoms with Gasteiger partial charge in [-0.25, -0.2) is 9.97 Å². The molecule has 0 bridgehead atoms. The summed E-state index contributed by atoms with van der Waals surface area (Å²) in [7, 11) is 0. The molecule has 0 fully saturated rings. The first kappa shape index (κ1) is 26.7. The lowest BCUT2D eigenvalue weighted by Gasteiger charge is -2.14. The largest absolute Gasteiger partial charge is 0.305 e. The Balaban J connectivity index is 1.38. The third-order valence-corrected chi connectivity index (χ3v) is 11.0. The van der Waals surface area contributed by atoms with Gasteiger partial charge in [-0.15, -0.1) is 11.3 Å². The zero-order chi connectivity index (χ0) is 32.1. The van der Waals surface area contributed by atoms with Crippen LogP contribution in [-0.2, 0) is 0 Å². The minimum absolute atomic E-state index is 0.705. The Morgan fingerprint density at radius 2 is 1.10 bits per heavy atom. The molecule has 4 nitrogen and oxygen atoms in total. The summed E-state index contributed by atoms with van der Waals surface area (Å²) in [5.41, 5.74) is 7.32. The summed E-state index contributed by atoms with van der Waals surface area (Å²) in [6, 6.07) is 56.4. The standard InChI is InChI=1S/C44H26N4S/c1-3-13-27(14-4-1)43-45-41-35-23-28-15-7-8-16-29(28)24-37(35)47(30-17-5-2-6-18-30)42(41)44(46-43)48-36-21-11-9-19-31(36)33-26-40-34(25-38(33)48)32-20-10-12-22-39(32)49-40/h1-26H. The topological polar surface area (TPSA) is 35.6 Å². The van der Waals surface area contributed by atoms with Crippen LogP contribution < -0.4 is 0 Å². The summed E-state index contributed by atoms with van der Waals surface area (Å²) in [6.07, 6.45) is 0. The maximum Gasteiger partial charge on any atom is 0.166 e. The van der Waals surface area contributed by atoms with Crippen LogP contribution in [0.5, 0.6) is 0 Å². The molecule has 0 saturated heterocycles. The molecule has 0 N–H and O–H groups in total. The third kappa shape index (κ3) is 3.85. The Bertz CT molecular complexity index is 3100. The highest BCUT2D eigenvalue weighted by Gasteiger charge is 2.25. The van der Waals surface area contributed by atoms with Gasteiger partial charge in [0.15, 0.2) is 11.6 Å². The van der Waals surface area contributed by atoms with Crippen LogP contribution >= 0.6 is 11.3 Å². The lowest BCUT2D eigenvalue weighted by molar-refractivity contribution is 1.05. The zero-order valence-corrected chi connectivity index (χ0v) is 27.0. The Labute approximate surface area is 284 Å². The number of rotatable bonds is 3. The summed E-state index contributed by atoms with van der Waals surface area (Å²) in [6.45, 7) is 0. The Morgan fingerprint density at radius 1 is 0.429 bits per heavy atom. The molecule has 7 aromatic carbocycles. The van der Waals surface area contributed by atoms with Crippen LogP contribution in [0.2, 0.25) is 0 Å². The molecule has 4 heterocycles. The predicted octanol–water partition coefficient (Wildman–Crippen LogP) is 11.9. The van der Waals surface area contributed by atoms with Crippen molar-refractivity contribution in [3.8, 4) is 22.9 Å². The Hall–Kier alpha value is -6.30. The molecule has 0 aliphatic rings. The fourth-order valence-corrected chi connectivity index (χ4v) is 8.82. The molecule has 228 valence electrons.